The highest BCUT2D eigenvalue weighted by molar-refractivity contribution is 6.00. The molecule has 17 heavy (non-hydrogen) atoms. The van der Waals surface area contributed by atoms with Gasteiger partial charge >= 0.3 is 6.09 Å². The standard InChI is InChI=1S/C10H16N4O3/c1-10(2,3)17-9(16)13-8-6(7(11)15)5-12-14(8)4/h5H,1-4H3,(H2,11,15)(H,13,16). The van der Waals surface area contributed by atoms with Crippen LogP contribution in [0.15, 0.2) is 6.20 Å². The van der Waals surface area contributed by atoms with Gasteiger partial charge in [-0.1, -0.05) is 0 Å². The molecule has 0 saturated heterocycles. The van der Waals surface area contributed by atoms with Gasteiger partial charge in [-0.2, -0.15) is 5.10 Å². The first-order valence-electron chi connectivity index (χ1n) is 5.02. The second kappa shape index (κ2) is 4.44. The number of nitrogens with zero attached hydrogens (tertiary/aromatic N) is 2. The number of carbonyl (C=O) groups excluding carboxylic acids is 2. The van der Waals surface area contributed by atoms with Gasteiger partial charge < -0.3 is 10.5 Å². The van der Waals surface area contributed by atoms with E-state index in [9.17, 15) is 9.59 Å². The molecule has 0 aliphatic heterocycles. The zero-order chi connectivity index (χ0) is 13.2. The maximum Gasteiger partial charge on any atom is 0.413 e. The number of primary amides is 1. The highest BCUT2D eigenvalue weighted by Crippen LogP contribution is 2.15. The van der Waals surface area contributed by atoms with Crippen molar-refractivity contribution in [2.24, 2.45) is 12.8 Å². The van der Waals surface area contributed by atoms with Crippen LogP contribution in [0.25, 0.3) is 0 Å². The van der Waals surface area contributed by atoms with E-state index in [1.54, 1.807) is 27.8 Å². The summed E-state index contributed by atoms with van der Waals surface area (Å²) in [5, 5.41) is 6.27. The summed E-state index contributed by atoms with van der Waals surface area (Å²) < 4.78 is 6.39. The van der Waals surface area contributed by atoms with Crippen LogP contribution in [0.5, 0.6) is 0 Å². The van der Waals surface area contributed by atoms with E-state index in [1.165, 1.54) is 10.9 Å². The third-order valence-electron chi connectivity index (χ3n) is 1.82. The lowest BCUT2D eigenvalue weighted by atomic mass is 10.2. The van der Waals surface area contributed by atoms with Gasteiger partial charge in [-0.25, -0.2) is 4.79 Å². The lowest BCUT2D eigenvalue weighted by Gasteiger charge is -2.19. The van der Waals surface area contributed by atoms with E-state index < -0.39 is 17.6 Å². The molecular formula is C10H16N4O3. The van der Waals surface area contributed by atoms with Crippen molar-refractivity contribution in [2.75, 3.05) is 5.32 Å². The first-order valence-corrected chi connectivity index (χ1v) is 5.02. The number of anilines is 1. The molecule has 0 radical (unpaired) electrons. The lowest BCUT2D eigenvalue weighted by Crippen LogP contribution is -2.28. The van der Waals surface area contributed by atoms with E-state index in [4.69, 9.17) is 10.5 Å². The predicted octanol–water partition coefficient (Wildman–Crippen LogP) is 0.866. The first kappa shape index (κ1) is 13.0. The van der Waals surface area contributed by atoms with Crippen LogP contribution in [0.2, 0.25) is 0 Å². The number of rotatable bonds is 2. The minimum absolute atomic E-state index is 0.137. The number of carbonyl (C=O) groups is 2. The van der Waals surface area contributed by atoms with Crippen molar-refractivity contribution in [3.63, 3.8) is 0 Å². The largest absolute Gasteiger partial charge is 0.444 e. The molecule has 7 nitrogen and oxygen atoms in total. The van der Waals surface area contributed by atoms with Crippen molar-refractivity contribution in [1.82, 2.24) is 9.78 Å². The summed E-state index contributed by atoms with van der Waals surface area (Å²) in [6.07, 6.45) is 0.623. The summed E-state index contributed by atoms with van der Waals surface area (Å²) in [4.78, 5) is 22.6. The summed E-state index contributed by atoms with van der Waals surface area (Å²) >= 11 is 0. The Bertz CT molecular complexity index is 445. The van der Waals surface area contributed by atoms with Crippen LogP contribution in [-0.2, 0) is 11.8 Å². The van der Waals surface area contributed by atoms with Crippen molar-refractivity contribution in [1.29, 1.82) is 0 Å². The molecular weight excluding hydrogens is 224 g/mol. The van der Waals surface area contributed by atoms with Gasteiger partial charge in [0.25, 0.3) is 5.91 Å². The number of aryl methyl sites for hydroxylation is 1. The maximum absolute atomic E-state index is 11.5. The van der Waals surface area contributed by atoms with Gasteiger partial charge in [0.2, 0.25) is 0 Å². The Morgan fingerprint density at radius 2 is 2.06 bits per heavy atom. The third-order valence-corrected chi connectivity index (χ3v) is 1.82. The number of nitrogens with two attached hydrogens (primary N) is 1. The van der Waals surface area contributed by atoms with E-state index in [0.717, 1.165) is 0 Å². The monoisotopic (exact) mass is 240 g/mol. The molecule has 3 N–H and O–H groups in total. The number of hydrogen-bond donors (Lipinski definition) is 2. The van der Waals surface area contributed by atoms with E-state index in [2.05, 4.69) is 10.4 Å². The maximum atomic E-state index is 11.5. The minimum atomic E-state index is -0.663. The predicted molar refractivity (Wildman–Crippen MR) is 61.6 cm³/mol. The first-order chi connectivity index (χ1) is 7.70. The Hall–Kier alpha value is -2.05. The van der Waals surface area contributed by atoms with E-state index in [-0.39, 0.29) is 11.4 Å². The molecule has 1 aromatic rings. The van der Waals surface area contributed by atoms with Gasteiger partial charge in [-0.05, 0) is 20.8 Å². The summed E-state index contributed by atoms with van der Waals surface area (Å²) in [6.45, 7) is 5.22. The van der Waals surface area contributed by atoms with Crippen molar-refractivity contribution in [3.05, 3.63) is 11.8 Å². The molecule has 0 aliphatic carbocycles. The van der Waals surface area contributed by atoms with Crippen molar-refractivity contribution >= 4 is 17.8 Å². The highest BCUT2D eigenvalue weighted by Gasteiger charge is 2.20. The van der Waals surface area contributed by atoms with Gasteiger partial charge in [0.05, 0.1) is 6.20 Å². The molecule has 0 atom stereocenters. The smallest absolute Gasteiger partial charge is 0.413 e. The quantitative estimate of drug-likeness (QED) is 0.800. The van der Waals surface area contributed by atoms with Crippen LogP contribution in [0.4, 0.5) is 10.6 Å². The molecule has 1 aromatic heterocycles. The van der Waals surface area contributed by atoms with Gasteiger partial charge in [0, 0.05) is 7.05 Å². The van der Waals surface area contributed by atoms with Crippen LogP contribution >= 0.6 is 0 Å². The van der Waals surface area contributed by atoms with Gasteiger partial charge in [0.15, 0.2) is 0 Å². The molecule has 0 saturated carbocycles. The minimum Gasteiger partial charge on any atom is -0.444 e. The molecule has 0 bridgehead atoms. The van der Waals surface area contributed by atoms with Crippen molar-refractivity contribution in [2.45, 2.75) is 26.4 Å². The van der Waals surface area contributed by atoms with Gasteiger partial charge in [-0.3, -0.25) is 14.8 Å². The normalized spacial score (nSPS) is 11.1. The van der Waals surface area contributed by atoms with E-state index in [1.807, 2.05) is 0 Å². The van der Waals surface area contributed by atoms with E-state index in [0.29, 0.717) is 0 Å². The molecule has 94 valence electrons. The summed E-state index contributed by atoms with van der Waals surface area (Å²) in [5.74, 6) is -0.448. The Kier molecular flexibility index (Phi) is 3.40. The molecule has 0 aliphatic rings. The van der Waals surface area contributed by atoms with Crippen LogP contribution in [0.3, 0.4) is 0 Å². The fraction of sp³-hybridized carbons (Fsp3) is 0.500. The Morgan fingerprint density at radius 3 is 2.53 bits per heavy atom. The zero-order valence-corrected chi connectivity index (χ0v) is 10.3. The van der Waals surface area contributed by atoms with Crippen LogP contribution in [0.1, 0.15) is 31.1 Å². The highest BCUT2D eigenvalue weighted by atomic mass is 16.6. The SMILES string of the molecule is Cn1ncc(C(N)=O)c1NC(=O)OC(C)(C)C. The number of aromatic nitrogens is 2. The zero-order valence-electron chi connectivity index (χ0n) is 10.3. The molecule has 0 spiro atoms. The molecule has 0 unspecified atom stereocenters. The number of hydrogen-bond acceptors (Lipinski definition) is 4. The third kappa shape index (κ3) is 3.47. The second-order valence-electron chi connectivity index (χ2n) is 4.52. The average Bonchev–Trinajstić information content (AvgIpc) is 2.44. The lowest BCUT2D eigenvalue weighted by molar-refractivity contribution is 0.0634. The molecule has 1 heterocycles. The summed E-state index contributed by atoms with van der Waals surface area (Å²) in [7, 11) is 1.58. The molecule has 7 heteroatoms. The fourth-order valence-corrected chi connectivity index (χ4v) is 1.17. The van der Waals surface area contributed by atoms with E-state index >= 15 is 0 Å². The van der Waals surface area contributed by atoms with Crippen molar-refractivity contribution < 1.29 is 14.3 Å². The number of amides is 2. The van der Waals surface area contributed by atoms with Crippen LogP contribution < -0.4 is 11.1 Å². The number of nitrogens with one attached hydrogen (secondary N) is 1. The Labute approximate surface area is 98.9 Å². The molecule has 0 aromatic carbocycles. The fourth-order valence-electron chi connectivity index (χ4n) is 1.17. The molecule has 1 rings (SSSR count). The molecule has 0 fully saturated rings. The van der Waals surface area contributed by atoms with Crippen LogP contribution in [-0.4, -0.2) is 27.4 Å². The van der Waals surface area contributed by atoms with Crippen LogP contribution in [0, 0.1) is 0 Å². The second-order valence-corrected chi connectivity index (χ2v) is 4.52. The Morgan fingerprint density at radius 1 is 1.47 bits per heavy atom. The topological polar surface area (TPSA) is 99.2 Å². The summed E-state index contributed by atoms with van der Waals surface area (Å²) in [5.41, 5.74) is 4.67. The van der Waals surface area contributed by atoms with Crippen molar-refractivity contribution in [3.8, 4) is 0 Å². The number of ether oxygens (including phenoxy) is 1. The average molecular weight is 240 g/mol. The Balaban J connectivity index is 2.85. The van der Waals surface area contributed by atoms with Gasteiger partial charge in [-0.15, -0.1) is 0 Å². The van der Waals surface area contributed by atoms with Gasteiger partial charge in [0.1, 0.15) is 17.0 Å². The summed E-state index contributed by atoms with van der Waals surface area (Å²) in [6, 6.07) is 0. The molecule has 2 amide bonds.